The van der Waals surface area contributed by atoms with Crippen LogP contribution in [0.2, 0.25) is 0 Å². The van der Waals surface area contributed by atoms with Crippen LogP contribution in [0.5, 0.6) is 0 Å². The van der Waals surface area contributed by atoms with E-state index in [4.69, 9.17) is 14.4 Å². The van der Waals surface area contributed by atoms with Crippen molar-refractivity contribution in [3.63, 3.8) is 0 Å². The average Bonchev–Trinajstić information content (AvgIpc) is 3.80. The van der Waals surface area contributed by atoms with Gasteiger partial charge in [-0.05, 0) is 87.2 Å². The fourth-order valence-electron chi connectivity index (χ4n) is 9.00. The van der Waals surface area contributed by atoms with E-state index in [1.807, 2.05) is 18.2 Å². The summed E-state index contributed by atoms with van der Waals surface area (Å²) in [6.07, 6.45) is 13.2. The maximum Gasteiger partial charge on any atom is 0.180 e. The molecule has 3 nitrogen and oxygen atoms in total. The lowest BCUT2D eigenvalue weighted by Gasteiger charge is -2.36. The predicted octanol–water partition coefficient (Wildman–Crippen LogP) is 10.3. The zero-order valence-electron chi connectivity index (χ0n) is 27.7. The summed E-state index contributed by atoms with van der Waals surface area (Å²) in [6.45, 7) is 0. The number of nitrogens with zero attached hydrogens (tertiary/aromatic N) is 2. The van der Waals surface area contributed by atoms with Crippen molar-refractivity contribution < 1.29 is 4.42 Å². The number of allylic oxidation sites excluding steroid dienone is 2. The van der Waals surface area contributed by atoms with Gasteiger partial charge in [-0.2, -0.15) is 0 Å². The molecule has 5 aromatic carbocycles. The van der Waals surface area contributed by atoms with Crippen molar-refractivity contribution in [2.75, 3.05) is 0 Å². The van der Waals surface area contributed by atoms with Gasteiger partial charge in [0.15, 0.2) is 11.4 Å². The minimum atomic E-state index is 0.193. The third-order valence-corrected chi connectivity index (χ3v) is 11.6. The number of fused-ring (bicyclic) bond motifs is 9. The van der Waals surface area contributed by atoms with Crippen LogP contribution in [0.25, 0.3) is 79.3 Å². The summed E-state index contributed by atoms with van der Waals surface area (Å²) in [4.78, 5) is 10.2. The summed E-state index contributed by atoms with van der Waals surface area (Å²) in [5, 5.41) is 1.05. The van der Waals surface area contributed by atoms with E-state index in [1.54, 1.807) is 5.56 Å². The van der Waals surface area contributed by atoms with Gasteiger partial charge in [0, 0.05) is 27.7 Å². The molecule has 1 saturated carbocycles. The highest BCUT2D eigenvalue weighted by Gasteiger charge is 2.43. The lowest BCUT2D eigenvalue weighted by Crippen LogP contribution is -2.27. The highest BCUT2D eigenvalue weighted by molar-refractivity contribution is 5.93. The van der Waals surface area contributed by atoms with E-state index >= 15 is 0 Å². The lowest BCUT2D eigenvalue weighted by molar-refractivity contribution is 0.353. The Morgan fingerprint density at radius 3 is 2.10 bits per heavy atom. The molecule has 1 fully saturated rings. The van der Waals surface area contributed by atoms with Crippen LogP contribution in [-0.4, -0.2) is 9.97 Å². The van der Waals surface area contributed by atoms with Crippen molar-refractivity contribution in [3.05, 3.63) is 155 Å². The number of rotatable bonds is 4. The fourth-order valence-corrected chi connectivity index (χ4v) is 9.00. The zero-order valence-corrected chi connectivity index (χ0v) is 27.7. The van der Waals surface area contributed by atoms with E-state index in [9.17, 15) is 0 Å². The second kappa shape index (κ2) is 10.6. The molecule has 0 saturated heterocycles. The summed E-state index contributed by atoms with van der Waals surface area (Å²) < 4.78 is 6.52. The first-order chi connectivity index (χ1) is 24.7. The second-order valence-electron chi connectivity index (χ2n) is 14.4. The van der Waals surface area contributed by atoms with Crippen LogP contribution in [0.4, 0.5) is 0 Å². The molecule has 3 heteroatoms. The summed E-state index contributed by atoms with van der Waals surface area (Å²) >= 11 is 0. The quantitative estimate of drug-likeness (QED) is 0.192. The minimum absolute atomic E-state index is 0.193. The van der Waals surface area contributed by atoms with E-state index in [1.165, 1.54) is 71.1 Å². The van der Waals surface area contributed by atoms with Gasteiger partial charge in [0.1, 0.15) is 16.6 Å². The number of hydrogen-bond donors (Lipinski definition) is 0. The molecule has 50 heavy (non-hydrogen) atoms. The van der Waals surface area contributed by atoms with Gasteiger partial charge >= 0.3 is 0 Å². The molecule has 1 unspecified atom stereocenters. The first-order valence-electron chi connectivity index (χ1n) is 18.0. The van der Waals surface area contributed by atoms with Gasteiger partial charge in [-0.25, -0.2) is 9.97 Å². The molecular formula is C47H34N2O. The van der Waals surface area contributed by atoms with Gasteiger partial charge in [0.05, 0.1) is 0 Å². The largest absolute Gasteiger partial charge is 0.452 e. The van der Waals surface area contributed by atoms with Crippen LogP contribution in [0.1, 0.15) is 43.2 Å². The number of hydrogen-bond acceptors (Lipinski definition) is 3. The van der Waals surface area contributed by atoms with Crippen molar-refractivity contribution in [1.29, 1.82) is 0 Å². The maximum absolute atomic E-state index is 6.52. The molecule has 0 N–H and O–H groups in total. The third kappa shape index (κ3) is 4.23. The van der Waals surface area contributed by atoms with Crippen LogP contribution in [0, 0.1) is 5.92 Å². The maximum atomic E-state index is 6.52. The van der Waals surface area contributed by atoms with Crippen LogP contribution in [0.3, 0.4) is 0 Å². The number of aromatic nitrogens is 2. The monoisotopic (exact) mass is 642 g/mol. The number of furan rings is 1. The van der Waals surface area contributed by atoms with Crippen LogP contribution in [-0.2, 0) is 5.41 Å². The molecule has 4 aliphatic rings. The van der Waals surface area contributed by atoms with E-state index < -0.39 is 0 Å². The Balaban J connectivity index is 0.975. The Kier molecular flexibility index (Phi) is 5.95. The smallest absolute Gasteiger partial charge is 0.180 e. The fraction of sp³-hybridized carbons (Fsp3) is 0.149. The molecule has 4 aliphatic carbocycles. The van der Waals surface area contributed by atoms with Gasteiger partial charge < -0.3 is 4.42 Å². The van der Waals surface area contributed by atoms with Crippen molar-refractivity contribution in [2.24, 2.45) is 5.92 Å². The van der Waals surface area contributed by atoms with Crippen molar-refractivity contribution in [2.45, 2.75) is 37.5 Å². The molecule has 0 radical (unpaired) electrons. The second-order valence-corrected chi connectivity index (χ2v) is 14.4. The Labute approximate surface area is 291 Å². The average molecular weight is 643 g/mol. The van der Waals surface area contributed by atoms with Gasteiger partial charge in [-0.15, -0.1) is 0 Å². The Hall–Kier alpha value is -5.80. The Bertz CT molecular complexity index is 2670. The minimum Gasteiger partial charge on any atom is -0.452 e. The normalized spacial score (nSPS) is 17.6. The first kappa shape index (κ1) is 28.1. The van der Waals surface area contributed by atoms with Crippen molar-refractivity contribution in [3.8, 4) is 56.0 Å². The predicted molar refractivity (Wildman–Crippen MR) is 203 cm³/mol. The van der Waals surface area contributed by atoms with Gasteiger partial charge in [0.2, 0.25) is 0 Å². The first-order valence-corrected chi connectivity index (χ1v) is 18.0. The van der Waals surface area contributed by atoms with Crippen molar-refractivity contribution in [1.82, 2.24) is 9.97 Å². The van der Waals surface area contributed by atoms with Crippen LogP contribution in [0.15, 0.2) is 137 Å². The standard InChI is InChI=1S/C47H34N2O/c1-3-10-31(11-4-1)46-48-43(45-44(49-46)39-27-35-25-36(35)28-42(39)50-45)34-13-9-12-32(24-34)29-16-18-30(19-17-29)33-20-21-41-38(26-33)37-14-5-6-15-40(37)47(41)22-7-2-8-23-47/h1,3-6,9-21,24-28,36H,2,7-8,22-23H2. The lowest BCUT2D eigenvalue weighted by atomic mass is 9.68. The summed E-state index contributed by atoms with van der Waals surface area (Å²) in [5.41, 5.74) is 17.6. The van der Waals surface area contributed by atoms with E-state index in [0.717, 1.165) is 44.1 Å². The van der Waals surface area contributed by atoms with Gasteiger partial charge in [-0.1, -0.05) is 135 Å². The van der Waals surface area contributed by atoms with Crippen LogP contribution < -0.4 is 10.6 Å². The highest BCUT2D eigenvalue weighted by atomic mass is 16.3. The molecule has 0 bridgehead atoms. The van der Waals surface area contributed by atoms with E-state index in [0.29, 0.717) is 11.7 Å². The molecule has 1 atom stereocenters. The summed E-state index contributed by atoms with van der Waals surface area (Å²) in [6, 6.07) is 44.3. The molecule has 2 aromatic heterocycles. The molecule has 0 aliphatic heterocycles. The van der Waals surface area contributed by atoms with Gasteiger partial charge in [-0.3, -0.25) is 0 Å². The number of benzene rings is 5. The molecule has 1 spiro atoms. The topological polar surface area (TPSA) is 38.9 Å². The Morgan fingerprint density at radius 2 is 1.26 bits per heavy atom. The van der Waals surface area contributed by atoms with E-state index in [2.05, 4.69) is 121 Å². The van der Waals surface area contributed by atoms with Gasteiger partial charge in [0.25, 0.3) is 0 Å². The zero-order chi connectivity index (χ0) is 32.8. The molecular weight excluding hydrogens is 609 g/mol. The summed E-state index contributed by atoms with van der Waals surface area (Å²) in [5.74, 6) is 1.10. The third-order valence-electron chi connectivity index (χ3n) is 11.6. The highest BCUT2D eigenvalue weighted by Crippen LogP contribution is 2.56. The molecule has 238 valence electrons. The SMILES string of the molecule is C1=C2C=c3c(oc4c(-c5cccc(-c6ccc(-c7ccc8c(c7)-c7ccccc7C87CCCCC7)cc6)c5)nc(-c5ccccc5)nc34)=CC12. The van der Waals surface area contributed by atoms with E-state index in [-0.39, 0.29) is 5.41 Å². The molecule has 0 amide bonds. The Morgan fingerprint density at radius 1 is 0.560 bits per heavy atom. The molecule has 11 rings (SSSR count). The molecule has 7 aromatic rings. The summed E-state index contributed by atoms with van der Waals surface area (Å²) in [7, 11) is 0. The molecule has 2 heterocycles. The van der Waals surface area contributed by atoms with Crippen molar-refractivity contribution >= 4 is 23.3 Å². The van der Waals surface area contributed by atoms with Crippen LogP contribution >= 0.6 is 0 Å².